The highest BCUT2D eigenvalue weighted by Gasteiger charge is 2.27. The van der Waals surface area contributed by atoms with Crippen molar-refractivity contribution >= 4 is 17.6 Å². The highest BCUT2D eigenvalue weighted by atomic mass is 16.5. The van der Waals surface area contributed by atoms with E-state index < -0.39 is 17.9 Å². The Morgan fingerprint density at radius 3 is 2.50 bits per heavy atom. The van der Waals surface area contributed by atoms with E-state index in [4.69, 9.17) is 10.5 Å². The second-order valence-electron chi connectivity index (χ2n) is 4.79. The van der Waals surface area contributed by atoms with Crippen LogP contribution < -0.4 is 15.8 Å². The first kappa shape index (κ1) is 14.2. The largest absolute Gasteiger partial charge is 0.493 e. The normalized spacial score (nSPS) is 18.6. The second kappa shape index (κ2) is 5.83. The highest BCUT2D eigenvalue weighted by molar-refractivity contribution is 6.18. The molecule has 6 heteroatoms. The van der Waals surface area contributed by atoms with Gasteiger partial charge in [0, 0.05) is 6.42 Å². The van der Waals surface area contributed by atoms with Crippen LogP contribution in [0.5, 0.6) is 5.75 Å². The first-order valence-electron chi connectivity index (χ1n) is 6.34. The molecule has 1 aromatic rings. The van der Waals surface area contributed by atoms with E-state index in [0.29, 0.717) is 18.9 Å². The van der Waals surface area contributed by atoms with Crippen molar-refractivity contribution in [3.05, 3.63) is 29.3 Å². The van der Waals surface area contributed by atoms with Crippen LogP contribution in [-0.4, -0.2) is 30.3 Å². The van der Waals surface area contributed by atoms with Gasteiger partial charge < -0.3 is 15.8 Å². The second-order valence-corrected chi connectivity index (χ2v) is 4.79. The Morgan fingerprint density at radius 2 is 1.90 bits per heavy atom. The number of ether oxygens (including phenoxy) is 1. The maximum absolute atomic E-state index is 11.4. The van der Waals surface area contributed by atoms with Crippen molar-refractivity contribution < 1.29 is 14.3 Å². The molecule has 0 aliphatic carbocycles. The Balaban J connectivity index is 1.92. The van der Waals surface area contributed by atoms with Gasteiger partial charge in [0.1, 0.15) is 11.6 Å². The molecule has 1 aliphatic heterocycles. The van der Waals surface area contributed by atoms with Gasteiger partial charge in [-0.05, 0) is 37.1 Å². The summed E-state index contributed by atoms with van der Waals surface area (Å²) in [5, 5.41) is 2.49. The van der Waals surface area contributed by atoms with Crippen LogP contribution in [0, 0.1) is 13.8 Å². The Morgan fingerprint density at radius 1 is 1.25 bits per heavy atom. The molecule has 0 saturated heterocycles. The van der Waals surface area contributed by atoms with Gasteiger partial charge in [-0.2, -0.15) is 4.99 Å². The van der Waals surface area contributed by atoms with Gasteiger partial charge in [-0.25, -0.2) is 0 Å². The predicted octanol–water partition coefficient (Wildman–Crippen LogP) is 0.455. The zero-order chi connectivity index (χ0) is 14.7. The van der Waals surface area contributed by atoms with Crippen LogP contribution in [0.3, 0.4) is 0 Å². The van der Waals surface area contributed by atoms with Crippen LogP contribution in [0.4, 0.5) is 0 Å². The van der Waals surface area contributed by atoms with E-state index in [1.54, 1.807) is 0 Å². The monoisotopic (exact) mass is 275 g/mol. The molecule has 0 spiro atoms. The molecule has 2 amide bonds. The van der Waals surface area contributed by atoms with E-state index in [1.807, 2.05) is 26.0 Å². The van der Waals surface area contributed by atoms with Crippen LogP contribution >= 0.6 is 0 Å². The first-order chi connectivity index (χ1) is 9.45. The number of aliphatic imine (C=N–C) groups is 1. The molecule has 1 heterocycles. The van der Waals surface area contributed by atoms with E-state index >= 15 is 0 Å². The summed E-state index contributed by atoms with van der Waals surface area (Å²) >= 11 is 0. The summed E-state index contributed by atoms with van der Waals surface area (Å²) in [6.45, 7) is 4.31. The Labute approximate surface area is 117 Å². The molecule has 106 valence electrons. The Hall–Kier alpha value is -2.21. The smallest absolute Gasteiger partial charge is 0.273 e. The minimum Gasteiger partial charge on any atom is -0.493 e. The maximum Gasteiger partial charge on any atom is 0.273 e. The van der Waals surface area contributed by atoms with Gasteiger partial charge in [-0.15, -0.1) is 0 Å². The lowest BCUT2D eigenvalue weighted by molar-refractivity contribution is -0.129. The molecule has 6 nitrogen and oxygen atoms in total. The number of aryl methyl sites for hydroxylation is 2. The first-order valence-corrected chi connectivity index (χ1v) is 6.34. The summed E-state index contributed by atoms with van der Waals surface area (Å²) in [7, 11) is 0. The molecule has 0 saturated carbocycles. The zero-order valence-corrected chi connectivity index (χ0v) is 11.5. The van der Waals surface area contributed by atoms with Crippen LogP contribution in [0.1, 0.15) is 17.5 Å². The number of hydrogen-bond donors (Lipinski definition) is 2. The van der Waals surface area contributed by atoms with Crippen molar-refractivity contribution in [2.24, 2.45) is 10.7 Å². The van der Waals surface area contributed by atoms with Crippen molar-refractivity contribution in [1.29, 1.82) is 0 Å². The van der Waals surface area contributed by atoms with E-state index in [2.05, 4.69) is 16.4 Å². The van der Waals surface area contributed by atoms with Gasteiger partial charge >= 0.3 is 0 Å². The third-order valence-corrected chi connectivity index (χ3v) is 2.86. The summed E-state index contributed by atoms with van der Waals surface area (Å²) < 4.78 is 5.59. The lowest BCUT2D eigenvalue weighted by Gasteiger charge is -2.17. The van der Waals surface area contributed by atoms with Crippen molar-refractivity contribution in [3.8, 4) is 5.75 Å². The van der Waals surface area contributed by atoms with Crippen LogP contribution in [0.2, 0.25) is 0 Å². The van der Waals surface area contributed by atoms with Gasteiger partial charge in [0.05, 0.1) is 6.61 Å². The lowest BCUT2D eigenvalue weighted by Crippen LogP contribution is -2.52. The third-order valence-electron chi connectivity index (χ3n) is 2.86. The molecule has 0 radical (unpaired) electrons. The number of benzene rings is 1. The molecule has 2 rings (SSSR count). The summed E-state index contributed by atoms with van der Waals surface area (Å²) in [6, 6.07) is 4.71. The fraction of sp³-hybridized carbons (Fsp3) is 0.357. The van der Waals surface area contributed by atoms with E-state index in [0.717, 1.165) is 16.9 Å². The Bertz CT molecular complexity index is 561. The van der Waals surface area contributed by atoms with E-state index in [9.17, 15) is 9.59 Å². The molecule has 0 bridgehead atoms. The summed E-state index contributed by atoms with van der Waals surface area (Å²) in [4.78, 5) is 26.4. The van der Waals surface area contributed by atoms with Crippen LogP contribution in [-0.2, 0) is 9.59 Å². The summed E-state index contributed by atoms with van der Waals surface area (Å²) in [6.07, 6.45) is 0.344. The SMILES string of the molecule is Cc1cc(C)cc(OCCC2=NC(=O)C(N)C(=O)N2)c1. The van der Waals surface area contributed by atoms with E-state index in [1.165, 1.54) is 0 Å². The van der Waals surface area contributed by atoms with Crippen molar-refractivity contribution in [2.45, 2.75) is 26.3 Å². The standard InChI is InChI=1S/C14H17N3O3/c1-8-5-9(2)7-10(6-8)20-4-3-11-16-13(18)12(15)14(19)17-11/h5-7,12H,3-4,15H2,1-2H3,(H,16,17,18,19). The average Bonchev–Trinajstić information content (AvgIpc) is 2.34. The molecule has 0 aromatic heterocycles. The van der Waals surface area contributed by atoms with Crippen molar-refractivity contribution in [1.82, 2.24) is 5.32 Å². The average molecular weight is 275 g/mol. The number of hydrogen-bond acceptors (Lipinski definition) is 4. The van der Waals surface area contributed by atoms with E-state index in [-0.39, 0.29) is 0 Å². The number of carbonyl (C=O) groups is 2. The van der Waals surface area contributed by atoms with Gasteiger partial charge in [0.2, 0.25) is 0 Å². The van der Waals surface area contributed by atoms with Crippen molar-refractivity contribution in [2.75, 3.05) is 6.61 Å². The molecule has 1 aliphatic rings. The highest BCUT2D eigenvalue weighted by Crippen LogP contribution is 2.16. The maximum atomic E-state index is 11.4. The molecular weight excluding hydrogens is 258 g/mol. The molecule has 1 aromatic carbocycles. The minimum atomic E-state index is -1.20. The predicted molar refractivity (Wildman–Crippen MR) is 74.6 cm³/mol. The molecule has 20 heavy (non-hydrogen) atoms. The molecule has 1 atom stereocenters. The fourth-order valence-electron chi connectivity index (χ4n) is 1.96. The number of nitrogens with two attached hydrogens (primary N) is 1. The quantitative estimate of drug-likeness (QED) is 0.780. The number of nitrogens with zero attached hydrogens (tertiary/aromatic N) is 1. The number of nitrogens with one attached hydrogen (secondary N) is 1. The molecule has 3 N–H and O–H groups in total. The molecular formula is C14H17N3O3. The summed E-state index contributed by atoms with van der Waals surface area (Å²) in [5.74, 6) is -0.0825. The van der Waals surface area contributed by atoms with Gasteiger partial charge in [0.15, 0.2) is 6.04 Å². The van der Waals surface area contributed by atoms with Gasteiger partial charge in [-0.1, -0.05) is 6.07 Å². The van der Waals surface area contributed by atoms with Crippen molar-refractivity contribution in [3.63, 3.8) is 0 Å². The molecule has 0 fully saturated rings. The molecule has 1 unspecified atom stereocenters. The fourth-order valence-corrected chi connectivity index (χ4v) is 1.96. The number of carbonyl (C=O) groups excluding carboxylic acids is 2. The zero-order valence-electron chi connectivity index (χ0n) is 11.5. The number of rotatable bonds is 4. The van der Waals surface area contributed by atoms with Gasteiger partial charge in [-0.3, -0.25) is 9.59 Å². The number of amides is 2. The minimum absolute atomic E-state index is 0.297. The Kier molecular flexibility index (Phi) is 4.14. The topological polar surface area (TPSA) is 93.8 Å². The number of amidine groups is 1. The summed E-state index contributed by atoms with van der Waals surface area (Å²) in [5.41, 5.74) is 7.57. The third kappa shape index (κ3) is 3.42. The van der Waals surface area contributed by atoms with Crippen LogP contribution in [0.25, 0.3) is 0 Å². The van der Waals surface area contributed by atoms with Gasteiger partial charge in [0.25, 0.3) is 11.8 Å². The van der Waals surface area contributed by atoms with Crippen LogP contribution in [0.15, 0.2) is 23.2 Å². The lowest BCUT2D eigenvalue weighted by atomic mass is 10.1.